The molecule has 1 atom stereocenters. The number of aromatic nitrogens is 1. The summed E-state index contributed by atoms with van der Waals surface area (Å²) in [4.78, 5) is 12.0. The van der Waals surface area contributed by atoms with Crippen LogP contribution in [0, 0.1) is 5.82 Å². The molecule has 2 N–H and O–H groups in total. The lowest BCUT2D eigenvalue weighted by Crippen LogP contribution is -2.41. The molecule has 0 bridgehead atoms. The SMILES string of the molecule is CCc1cnc(CNC(=NC)NCC(c2ccc(F)cc2)N(C)C)s1.I. The molecular formula is C18H27FIN5S. The molecular weight excluding hydrogens is 464 g/mol. The van der Waals surface area contributed by atoms with E-state index in [1.165, 1.54) is 17.0 Å². The second-order valence-corrected chi connectivity index (χ2v) is 7.11. The van der Waals surface area contributed by atoms with E-state index in [0.29, 0.717) is 13.1 Å². The molecule has 0 aliphatic rings. The summed E-state index contributed by atoms with van der Waals surface area (Å²) < 4.78 is 13.1. The van der Waals surface area contributed by atoms with Gasteiger partial charge in [0.1, 0.15) is 10.8 Å². The lowest BCUT2D eigenvalue weighted by atomic mass is 10.1. The van der Waals surface area contributed by atoms with Crippen LogP contribution in [0.5, 0.6) is 0 Å². The smallest absolute Gasteiger partial charge is 0.191 e. The zero-order chi connectivity index (χ0) is 18.2. The Morgan fingerprint density at radius 2 is 1.96 bits per heavy atom. The molecule has 5 nitrogen and oxygen atoms in total. The van der Waals surface area contributed by atoms with Crippen LogP contribution in [0.25, 0.3) is 0 Å². The van der Waals surface area contributed by atoms with E-state index in [9.17, 15) is 4.39 Å². The highest BCUT2D eigenvalue weighted by atomic mass is 127. The number of thiazole rings is 1. The number of rotatable bonds is 7. The minimum atomic E-state index is -0.221. The second kappa shape index (κ2) is 11.5. The maximum Gasteiger partial charge on any atom is 0.191 e. The van der Waals surface area contributed by atoms with Gasteiger partial charge in [-0.05, 0) is 38.2 Å². The third kappa shape index (κ3) is 6.81. The van der Waals surface area contributed by atoms with Crippen molar-refractivity contribution in [3.8, 4) is 0 Å². The Hall–Kier alpha value is -1.26. The van der Waals surface area contributed by atoms with E-state index >= 15 is 0 Å². The summed E-state index contributed by atoms with van der Waals surface area (Å²) in [5, 5.41) is 7.67. The molecule has 0 spiro atoms. The minimum absolute atomic E-state index is 0. The molecule has 0 aliphatic carbocycles. The largest absolute Gasteiger partial charge is 0.354 e. The molecule has 1 aromatic carbocycles. The quantitative estimate of drug-likeness (QED) is 0.354. The number of benzene rings is 1. The Morgan fingerprint density at radius 1 is 1.27 bits per heavy atom. The number of guanidine groups is 1. The van der Waals surface area contributed by atoms with Crippen LogP contribution >= 0.6 is 35.3 Å². The van der Waals surface area contributed by atoms with Gasteiger partial charge in [-0.25, -0.2) is 9.37 Å². The first-order valence-electron chi connectivity index (χ1n) is 8.33. The molecule has 144 valence electrons. The molecule has 2 rings (SSSR count). The number of nitrogens with zero attached hydrogens (tertiary/aromatic N) is 3. The van der Waals surface area contributed by atoms with Gasteiger partial charge >= 0.3 is 0 Å². The Labute approximate surface area is 176 Å². The van der Waals surface area contributed by atoms with E-state index in [4.69, 9.17) is 0 Å². The highest BCUT2D eigenvalue weighted by Gasteiger charge is 2.15. The molecule has 1 unspecified atom stereocenters. The molecule has 0 aliphatic heterocycles. The Morgan fingerprint density at radius 3 is 2.50 bits per heavy atom. The predicted octanol–water partition coefficient (Wildman–Crippen LogP) is 3.43. The summed E-state index contributed by atoms with van der Waals surface area (Å²) >= 11 is 1.71. The average Bonchev–Trinajstić information content (AvgIpc) is 3.07. The number of likely N-dealkylation sites (N-methyl/N-ethyl adjacent to an activating group) is 1. The molecule has 26 heavy (non-hydrogen) atoms. The van der Waals surface area contributed by atoms with Crippen LogP contribution in [0.4, 0.5) is 4.39 Å². The molecule has 8 heteroatoms. The van der Waals surface area contributed by atoms with Crippen LogP contribution in [-0.4, -0.2) is 43.5 Å². The van der Waals surface area contributed by atoms with Crippen LogP contribution in [0.2, 0.25) is 0 Å². The van der Waals surface area contributed by atoms with Crippen molar-refractivity contribution < 1.29 is 4.39 Å². The van der Waals surface area contributed by atoms with Crippen molar-refractivity contribution in [2.24, 2.45) is 4.99 Å². The van der Waals surface area contributed by atoms with E-state index in [1.54, 1.807) is 18.4 Å². The number of nitrogens with one attached hydrogen (secondary N) is 2. The summed E-state index contributed by atoms with van der Waals surface area (Å²) in [6, 6.07) is 6.74. The van der Waals surface area contributed by atoms with Gasteiger partial charge in [-0.2, -0.15) is 0 Å². The maximum absolute atomic E-state index is 13.1. The Balaban J connectivity index is 0.00000338. The first-order valence-corrected chi connectivity index (χ1v) is 9.15. The van der Waals surface area contributed by atoms with Crippen molar-refractivity contribution in [1.82, 2.24) is 20.5 Å². The molecule has 0 saturated carbocycles. The highest BCUT2D eigenvalue weighted by Crippen LogP contribution is 2.17. The monoisotopic (exact) mass is 491 g/mol. The minimum Gasteiger partial charge on any atom is -0.354 e. The van der Waals surface area contributed by atoms with Crippen LogP contribution in [0.3, 0.4) is 0 Å². The molecule has 1 heterocycles. The van der Waals surface area contributed by atoms with E-state index in [2.05, 4.69) is 32.4 Å². The van der Waals surface area contributed by atoms with Gasteiger partial charge in [0, 0.05) is 24.7 Å². The van der Waals surface area contributed by atoms with Gasteiger partial charge in [0.05, 0.1) is 12.6 Å². The van der Waals surface area contributed by atoms with Crippen molar-refractivity contribution in [1.29, 1.82) is 0 Å². The molecule has 0 radical (unpaired) electrons. The van der Waals surface area contributed by atoms with Crippen molar-refractivity contribution >= 4 is 41.3 Å². The van der Waals surface area contributed by atoms with Gasteiger partial charge in [-0.15, -0.1) is 35.3 Å². The van der Waals surface area contributed by atoms with E-state index in [0.717, 1.165) is 23.0 Å². The van der Waals surface area contributed by atoms with Gasteiger partial charge in [0.2, 0.25) is 0 Å². The summed E-state index contributed by atoms with van der Waals surface area (Å²) in [5.41, 5.74) is 1.06. The standard InChI is InChI=1S/C18H26FN5S.HI/c1-5-15-10-21-17(25-15)12-23-18(20-2)22-11-16(24(3)4)13-6-8-14(19)9-7-13;/h6-10,16H,5,11-12H2,1-4H3,(H2,20,22,23);1H. The number of aliphatic imine (C=N–C) groups is 1. The highest BCUT2D eigenvalue weighted by molar-refractivity contribution is 14.0. The first-order chi connectivity index (χ1) is 12.0. The molecule has 0 fully saturated rings. The van der Waals surface area contributed by atoms with Crippen LogP contribution in [0.1, 0.15) is 28.4 Å². The van der Waals surface area contributed by atoms with Gasteiger partial charge in [-0.3, -0.25) is 4.99 Å². The fraction of sp³-hybridized carbons (Fsp3) is 0.444. The van der Waals surface area contributed by atoms with Gasteiger partial charge in [0.15, 0.2) is 5.96 Å². The van der Waals surface area contributed by atoms with Crippen molar-refractivity contribution in [3.63, 3.8) is 0 Å². The van der Waals surface area contributed by atoms with Crippen LogP contribution < -0.4 is 10.6 Å². The van der Waals surface area contributed by atoms with Crippen molar-refractivity contribution in [2.45, 2.75) is 25.9 Å². The molecule has 0 amide bonds. The molecule has 1 aromatic heterocycles. The number of aryl methyl sites for hydroxylation is 1. The first kappa shape index (κ1) is 22.8. The summed E-state index contributed by atoms with van der Waals surface area (Å²) in [7, 11) is 5.76. The fourth-order valence-electron chi connectivity index (χ4n) is 2.45. The van der Waals surface area contributed by atoms with Gasteiger partial charge < -0.3 is 15.5 Å². The predicted molar refractivity (Wildman–Crippen MR) is 118 cm³/mol. The number of hydrogen-bond acceptors (Lipinski definition) is 4. The van der Waals surface area contributed by atoms with Gasteiger partial charge in [-0.1, -0.05) is 19.1 Å². The average molecular weight is 491 g/mol. The van der Waals surface area contributed by atoms with Crippen LogP contribution in [0.15, 0.2) is 35.5 Å². The summed E-state index contributed by atoms with van der Waals surface area (Å²) in [6.45, 7) is 3.44. The van der Waals surface area contributed by atoms with Crippen molar-refractivity contribution in [2.75, 3.05) is 27.7 Å². The normalized spacial score (nSPS) is 12.6. The molecule has 0 saturated heterocycles. The molecule has 2 aromatic rings. The fourth-order valence-corrected chi connectivity index (χ4v) is 3.25. The van der Waals surface area contributed by atoms with Gasteiger partial charge in [0.25, 0.3) is 0 Å². The third-order valence-corrected chi connectivity index (χ3v) is 5.06. The lowest BCUT2D eigenvalue weighted by molar-refractivity contribution is 0.298. The maximum atomic E-state index is 13.1. The zero-order valence-corrected chi connectivity index (χ0v) is 18.8. The second-order valence-electron chi connectivity index (χ2n) is 5.91. The Bertz CT molecular complexity index is 687. The van der Waals surface area contributed by atoms with Crippen LogP contribution in [-0.2, 0) is 13.0 Å². The van der Waals surface area contributed by atoms with Crippen molar-refractivity contribution in [3.05, 3.63) is 51.7 Å². The number of halogens is 2. The number of hydrogen-bond donors (Lipinski definition) is 2. The van der Waals surface area contributed by atoms with E-state index < -0.39 is 0 Å². The summed E-state index contributed by atoms with van der Waals surface area (Å²) in [6.07, 6.45) is 2.93. The Kier molecular flexibility index (Phi) is 10.0. The zero-order valence-electron chi connectivity index (χ0n) is 15.6. The van der Waals surface area contributed by atoms with E-state index in [1.807, 2.05) is 32.4 Å². The summed E-state index contributed by atoms with van der Waals surface area (Å²) in [5.74, 6) is 0.504. The van der Waals surface area contributed by atoms with E-state index in [-0.39, 0.29) is 35.8 Å². The lowest BCUT2D eigenvalue weighted by Gasteiger charge is -2.26. The third-order valence-electron chi connectivity index (χ3n) is 3.92. The topological polar surface area (TPSA) is 52.6 Å².